The van der Waals surface area contributed by atoms with Crippen molar-refractivity contribution in [3.05, 3.63) is 72.1 Å². The maximum atomic E-state index is 12.5. The Bertz CT molecular complexity index is 858. The Hall–Kier alpha value is -3.15. The molecule has 0 radical (unpaired) electrons. The number of nitrogens with one attached hydrogen (secondary N) is 1. The predicted molar refractivity (Wildman–Crippen MR) is 114 cm³/mol. The summed E-state index contributed by atoms with van der Waals surface area (Å²) in [6.45, 7) is 9.80. The summed E-state index contributed by atoms with van der Waals surface area (Å²) in [6, 6.07) is 11.7. The molecule has 2 heterocycles. The second-order valence-corrected chi connectivity index (χ2v) is 7.23. The Kier molecular flexibility index (Phi) is 7.00. The second kappa shape index (κ2) is 9.87. The molecular weight excluding hydrogens is 364 g/mol. The van der Waals surface area contributed by atoms with Crippen LogP contribution in [0.2, 0.25) is 0 Å². The summed E-state index contributed by atoms with van der Waals surface area (Å²) < 4.78 is 0. The molecule has 1 aromatic carbocycles. The fraction of sp³-hybridized carbons (Fsp3) is 0.348. The molecule has 0 saturated carbocycles. The molecule has 29 heavy (non-hydrogen) atoms. The summed E-state index contributed by atoms with van der Waals surface area (Å²) >= 11 is 0. The molecule has 152 valence electrons. The monoisotopic (exact) mass is 392 g/mol. The van der Waals surface area contributed by atoms with E-state index >= 15 is 0 Å². The van der Waals surface area contributed by atoms with Gasteiger partial charge in [0.15, 0.2) is 0 Å². The Labute approximate surface area is 172 Å². The Morgan fingerprint density at radius 2 is 1.79 bits per heavy atom. The minimum atomic E-state index is -0.158. The minimum Gasteiger partial charge on any atom is -0.368 e. The number of carbonyl (C=O) groups excluding carboxylic acids is 2. The van der Waals surface area contributed by atoms with E-state index in [1.807, 2.05) is 17.0 Å². The highest BCUT2D eigenvalue weighted by Crippen LogP contribution is 2.22. The highest BCUT2D eigenvalue weighted by atomic mass is 16.2. The zero-order chi connectivity index (χ0) is 20.6. The van der Waals surface area contributed by atoms with Crippen LogP contribution in [0, 0.1) is 6.92 Å². The Balaban J connectivity index is 1.38. The maximum absolute atomic E-state index is 12.5. The summed E-state index contributed by atoms with van der Waals surface area (Å²) in [7, 11) is 0. The van der Waals surface area contributed by atoms with Crippen molar-refractivity contribution in [2.24, 2.45) is 0 Å². The van der Waals surface area contributed by atoms with Crippen LogP contribution in [0.3, 0.4) is 0 Å². The first kappa shape index (κ1) is 20.6. The molecule has 2 aromatic rings. The largest absolute Gasteiger partial charge is 0.368 e. The van der Waals surface area contributed by atoms with E-state index in [1.54, 1.807) is 18.3 Å². The number of rotatable bonds is 7. The molecule has 2 amide bonds. The van der Waals surface area contributed by atoms with Crippen LogP contribution in [0.4, 0.5) is 0 Å². The molecule has 0 unspecified atom stereocenters. The van der Waals surface area contributed by atoms with Gasteiger partial charge in [-0.2, -0.15) is 0 Å². The van der Waals surface area contributed by atoms with E-state index in [1.165, 1.54) is 11.8 Å². The lowest BCUT2D eigenvalue weighted by Gasteiger charge is -2.37. The molecule has 3 rings (SSSR count). The van der Waals surface area contributed by atoms with Crippen molar-refractivity contribution in [3.63, 3.8) is 0 Å². The number of aryl methyl sites for hydroxylation is 1. The zero-order valence-corrected chi connectivity index (χ0v) is 16.9. The van der Waals surface area contributed by atoms with Crippen LogP contribution in [0.25, 0.3) is 5.70 Å². The first-order chi connectivity index (χ1) is 14.1. The van der Waals surface area contributed by atoms with Crippen molar-refractivity contribution >= 4 is 17.5 Å². The summed E-state index contributed by atoms with van der Waals surface area (Å²) in [5.41, 5.74) is 3.93. The first-order valence-corrected chi connectivity index (χ1v) is 10.0. The fourth-order valence-electron chi connectivity index (χ4n) is 3.49. The third-order valence-electron chi connectivity index (χ3n) is 5.25. The number of piperazine rings is 1. The van der Waals surface area contributed by atoms with Gasteiger partial charge in [-0.25, -0.2) is 0 Å². The standard InChI is InChI=1S/C23H28N4O2/c1-18-7-3-4-9-21(18)19(2)26-13-15-27(16-14-26)22(28)10-6-12-25-23(29)20-8-5-11-24-17-20/h3-5,7-9,11,17H,2,6,10,12-16H2,1H3,(H,25,29). The number of aromatic nitrogens is 1. The lowest BCUT2D eigenvalue weighted by Crippen LogP contribution is -2.47. The third-order valence-corrected chi connectivity index (χ3v) is 5.25. The Morgan fingerprint density at radius 3 is 2.48 bits per heavy atom. The van der Waals surface area contributed by atoms with E-state index < -0.39 is 0 Å². The normalized spacial score (nSPS) is 13.8. The number of pyridine rings is 1. The van der Waals surface area contributed by atoms with Gasteiger partial charge in [0.05, 0.1) is 5.56 Å². The van der Waals surface area contributed by atoms with Crippen LogP contribution >= 0.6 is 0 Å². The van der Waals surface area contributed by atoms with Gasteiger partial charge in [0.2, 0.25) is 5.91 Å². The van der Waals surface area contributed by atoms with Crippen molar-refractivity contribution in [2.45, 2.75) is 19.8 Å². The van der Waals surface area contributed by atoms with Crippen LogP contribution in [-0.4, -0.2) is 59.3 Å². The molecule has 1 N–H and O–H groups in total. The van der Waals surface area contributed by atoms with Crippen molar-refractivity contribution in [2.75, 3.05) is 32.7 Å². The second-order valence-electron chi connectivity index (χ2n) is 7.23. The first-order valence-electron chi connectivity index (χ1n) is 10.0. The maximum Gasteiger partial charge on any atom is 0.252 e. The molecule has 1 aliphatic heterocycles. The Morgan fingerprint density at radius 1 is 1.07 bits per heavy atom. The summed E-state index contributed by atoms with van der Waals surface area (Å²) in [6.07, 6.45) is 4.23. The van der Waals surface area contributed by atoms with Crippen molar-refractivity contribution < 1.29 is 9.59 Å². The molecule has 1 fully saturated rings. The topological polar surface area (TPSA) is 65.5 Å². The van der Waals surface area contributed by atoms with Crippen LogP contribution in [-0.2, 0) is 4.79 Å². The molecule has 0 aliphatic carbocycles. The van der Waals surface area contributed by atoms with E-state index in [-0.39, 0.29) is 11.8 Å². The molecule has 6 nitrogen and oxygen atoms in total. The number of benzene rings is 1. The lowest BCUT2D eigenvalue weighted by molar-refractivity contribution is -0.132. The highest BCUT2D eigenvalue weighted by molar-refractivity contribution is 5.93. The summed E-state index contributed by atoms with van der Waals surface area (Å²) in [4.78, 5) is 32.5. The van der Waals surface area contributed by atoms with Crippen LogP contribution in [0.1, 0.15) is 34.3 Å². The van der Waals surface area contributed by atoms with Gasteiger partial charge in [-0.05, 0) is 31.0 Å². The number of carbonyl (C=O) groups is 2. The van der Waals surface area contributed by atoms with Crippen molar-refractivity contribution in [1.29, 1.82) is 0 Å². The number of nitrogens with zero attached hydrogens (tertiary/aromatic N) is 3. The number of hydrogen-bond acceptors (Lipinski definition) is 4. The van der Waals surface area contributed by atoms with Gasteiger partial charge in [-0.1, -0.05) is 30.8 Å². The smallest absolute Gasteiger partial charge is 0.252 e. The predicted octanol–water partition coefficient (Wildman–Crippen LogP) is 2.72. The lowest BCUT2D eigenvalue weighted by atomic mass is 10.1. The third kappa shape index (κ3) is 5.44. The average molecular weight is 393 g/mol. The highest BCUT2D eigenvalue weighted by Gasteiger charge is 2.22. The van der Waals surface area contributed by atoms with Gasteiger partial charge in [0.25, 0.3) is 5.91 Å². The number of hydrogen-bond donors (Lipinski definition) is 1. The SMILES string of the molecule is C=C(c1ccccc1C)N1CCN(C(=O)CCCNC(=O)c2cccnc2)CC1. The van der Waals surface area contributed by atoms with Crippen molar-refractivity contribution in [3.8, 4) is 0 Å². The van der Waals surface area contributed by atoms with Crippen molar-refractivity contribution in [1.82, 2.24) is 20.1 Å². The van der Waals surface area contributed by atoms with E-state index in [4.69, 9.17) is 0 Å². The zero-order valence-electron chi connectivity index (χ0n) is 16.9. The molecule has 0 atom stereocenters. The van der Waals surface area contributed by atoms with Gasteiger partial charge in [-0.3, -0.25) is 14.6 Å². The van der Waals surface area contributed by atoms with Crippen LogP contribution < -0.4 is 5.32 Å². The molecule has 6 heteroatoms. The van der Waals surface area contributed by atoms with Gasteiger partial charge in [0.1, 0.15) is 0 Å². The summed E-state index contributed by atoms with van der Waals surface area (Å²) in [5.74, 6) is -0.0179. The van der Waals surface area contributed by atoms with Gasteiger partial charge < -0.3 is 15.1 Å². The number of amides is 2. The van der Waals surface area contributed by atoms with E-state index in [2.05, 4.69) is 40.8 Å². The minimum absolute atomic E-state index is 0.141. The van der Waals surface area contributed by atoms with Gasteiger partial charge >= 0.3 is 0 Å². The molecule has 0 bridgehead atoms. The van der Waals surface area contributed by atoms with Crippen LogP contribution in [0.15, 0.2) is 55.4 Å². The van der Waals surface area contributed by atoms with Gasteiger partial charge in [-0.15, -0.1) is 0 Å². The van der Waals surface area contributed by atoms with E-state index in [9.17, 15) is 9.59 Å². The molecular formula is C23H28N4O2. The van der Waals surface area contributed by atoms with Crippen LogP contribution in [0.5, 0.6) is 0 Å². The molecule has 1 aliphatic rings. The van der Waals surface area contributed by atoms with E-state index in [0.717, 1.165) is 24.4 Å². The molecule has 0 spiro atoms. The summed E-state index contributed by atoms with van der Waals surface area (Å²) in [5, 5.41) is 2.83. The fourth-order valence-corrected chi connectivity index (χ4v) is 3.49. The van der Waals surface area contributed by atoms with Gasteiger partial charge in [0, 0.05) is 62.8 Å². The molecule has 1 saturated heterocycles. The average Bonchev–Trinajstić information content (AvgIpc) is 2.77. The quantitative estimate of drug-likeness (QED) is 0.736. The molecule has 1 aromatic heterocycles. The van der Waals surface area contributed by atoms with E-state index in [0.29, 0.717) is 38.0 Å².